The first kappa shape index (κ1) is 94.1. The number of ether oxygens (including phenoxy) is 4. The number of phosphoric acid groups is 2. The first-order valence-electron chi connectivity index (χ1n) is 39.9. The Kier molecular flexibility index (Phi) is 66.2. The van der Waals surface area contributed by atoms with Crippen LogP contribution in [0.5, 0.6) is 0 Å². The van der Waals surface area contributed by atoms with E-state index in [4.69, 9.17) is 37.0 Å². The zero-order chi connectivity index (χ0) is 70.9. The number of hydrogen-bond acceptors (Lipinski definition) is 15. The standard InChI is InChI=1S/C77H150O17P2/c1-8-10-11-12-13-14-15-16-17-18-19-22-26-32-37-46-53-60-76(81)93-72(64-87-74(79)58-51-44-36-31-25-23-20-21-24-29-34-41-48-55-68(3)4)66-91-95(83,84)89-62-71(78)63-90-96(85,86)92-67-73(65-88-75(80)59-52-45-40-39-42-49-56-69(5)6)94-77(82)61-54-47-38-33-28-27-30-35-43-50-57-70(7)9-2/h68-73,78H,8-67H2,1-7H3,(H,83,84)(H,85,86)/t70?,71-,72-,73-/m1/s1. The van der Waals surface area contributed by atoms with E-state index in [-0.39, 0.29) is 25.7 Å². The van der Waals surface area contributed by atoms with Crippen molar-refractivity contribution >= 4 is 39.5 Å². The van der Waals surface area contributed by atoms with Gasteiger partial charge in [0.2, 0.25) is 0 Å². The Morgan fingerprint density at radius 1 is 0.302 bits per heavy atom. The van der Waals surface area contributed by atoms with E-state index in [9.17, 15) is 43.2 Å². The van der Waals surface area contributed by atoms with Gasteiger partial charge in [0.05, 0.1) is 26.4 Å². The van der Waals surface area contributed by atoms with Gasteiger partial charge in [-0.15, -0.1) is 0 Å². The molecule has 0 aliphatic carbocycles. The maximum Gasteiger partial charge on any atom is 0.472 e. The molecule has 0 saturated heterocycles. The number of aliphatic hydroxyl groups is 1. The highest BCUT2D eigenvalue weighted by molar-refractivity contribution is 7.47. The summed E-state index contributed by atoms with van der Waals surface area (Å²) in [5.41, 5.74) is 0. The molecule has 0 aliphatic heterocycles. The van der Waals surface area contributed by atoms with E-state index in [1.54, 1.807) is 0 Å². The Bertz CT molecular complexity index is 1870. The van der Waals surface area contributed by atoms with Crippen LogP contribution in [0.3, 0.4) is 0 Å². The van der Waals surface area contributed by atoms with E-state index in [0.717, 1.165) is 108 Å². The molecule has 3 N–H and O–H groups in total. The minimum atomic E-state index is -4.96. The van der Waals surface area contributed by atoms with E-state index >= 15 is 0 Å². The lowest BCUT2D eigenvalue weighted by Crippen LogP contribution is -2.30. The van der Waals surface area contributed by atoms with Crippen molar-refractivity contribution in [3.8, 4) is 0 Å². The van der Waals surface area contributed by atoms with Gasteiger partial charge < -0.3 is 33.8 Å². The van der Waals surface area contributed by atoms with Gasteiger partial charge in [0.1, 0.15) is 19.3 Å². The van der Waals surface area contributed by atoms with Crippen LogP contribution in [0.1, 0.15) is 395 Å². The maximum absolute atomic E-state index is 13.1. The second-order valence-electron chi connectivity index (χ2n) is 28.9. The summed E-state index contributed by atoms with van der Waals surface area (Å²) in [7, 11) is -9.91. The molecule has 0 saturated carbocycles. The second-order valence-corrected chi connectivity index (χ2v) is 31.8. The molecule has 0 spiro atoms. The van der Waals surface area contributed by atoms with Crippen molar-refractivity contribution in [1.82, 2.24) is 0 Å². The summed E-state index contributed by atoms with van der Waals surface area (Å²) in [6.07, 6.45) is 54.2. The Labute approximate surface area is 588 Å². The van der Waals surface area contributed by atoms with Crippen molar-refractivity contribution < 1.29 is 80.2 Å². The lowest BCUT2D eigenvalue weighted by atomic mass is 9.99. The van der Waals surface area contributed by atoms with Crippen molar-refractivity contribution in [1.29, 1.82) is 0 Å². The first-order chi connectivity index (χ1) is 46.3. The number of phosphoric ester groups is 2. The number of rotatable bonds is 75. The van der Waals surface area contributed by atoms with Crippen LogP contribution in [0.4, 0.5) is 0 Å². The predicted octanol–water partition coefficient (Wildman–Crippen LogP) is 22.6. The highest BCUT2D eigenvalue weighted by Crippen LogP contribution is 2.45. The molecule has 0 aromatic carbocycles. The smallest absolute Gasteiger partial charge is 0.462 e. The van der Waals surface area contributed by atoms with Crippen LogP contribution < -0.4 is 0 Å². The van der Waals surface area contributed by atoms with E-state index in [1.165, 1.54) is 199 Å². The molecular formula is C77H150O17P2. The fraction of sp³-hybridized carbons (Fsp3) is 0.948. The minimum absolute atomic E-state index is 0.105. The van der Waals surface area contributed by atoms with Gasteiger partial charge in [0.15, 0.2) is 12.2 Å². The highest BCUT2D eigenvalue weighted by Gasteiger charge is 2.30. The van der Waals surface area contributed by atoms with Crippen LogP contribution in [0, 0.1) is 17.8 Å². The predicted molar refractivity (Wildman–Crippen MR) is 391 cm³/mol. The maximum atomic E-state index is 13.1. The lowest BCUT2D eigenvalue weighted by Gasteiger charge is -2.21. The Hall–Kier alpha value is -1.94. The molecule has 0 amide bonds. The number of hydrogen-bond donors (Lipinski definition) is 3. The van der Waals surface area contributed by atoms with Gasteiger partial charge in [-0.1, -0.05) is 344 Å². The molecule has 0 aromatic heterocycles. The van der Waals surface area contributed by atoms with E-state index in [0.29, 0.717) is 31.6 Å². The third kappa shape index (κ3) is 69.2. The van der Waals surface area contributed by atoms with Gasteiger partial charge in [-0.25, -0.2) is 9.13 Å². The molecule has 0 aliphatic rings. The molecule has 17 nitrogen and oxygen atoms in total. The first-order valence-corrected chi connectivity index (χ1v) is 42.9. The third-order valence-electron chi connectivity index (χ3n) is 18.2. The number of esters is 4. The van der Waals surface area contributed by atoms with Crippen molar-refractivity contribution in [3.05, 3.63) is 0 Å². The monoisotopic (exact) mass is 1410 g/mol. The van der Waals surface area contributed by atoms with Crippen LogP contribution >= 0.6 is 15.6 Å². The number of aliphatic hydroxyl groups excluding tert-OH is 1. The largest absolute Gasteiger partial charge is 0.472 e. The molecule has 3 unspecified atom stereocenters. The Balaban J connectivity index is 5.24. The van der Waals surface area contributed by atoms with Gasteiger partial charge >= 0.3 is 39.5 Å². The molecule has 6 atom stereocenters. The topological polar surface area (TPSA) is 237 Å². The summed E-state index contributed by atoms with van der Waals surface area (Å²) in [6, 6.07) is 0. The van der Waals surface area contributed by atoms with Gasteiger partial charge in [-0.05, 0) is 43.4 Å². The zero-order valence-electron chi connectivity index (χ0n) is 62.8. The fourth-order valence-corrected chi connectivity index (χ4v) is 13.3. The van der Waals surface area contributed by atoms with Crippen LogP contribution in [0.25, 0.3) is 0 Å². The van der Waals surface area contributed by atoms with Crippen molar-refractivity contribution in [2.24, 2.45) is 17.8 Å². The van der Waals surface area contributed by atoms with Crippen molar-refractivity contribution in [2.75, 3.05) is 39.6 Å². The number of unbranched alkanes of at least 4 members (excludes halogenated alkanes) is 42. The molecular weight excluding hydrogens is 1260 g/mol. The average molecular weight is 1410 g/mol. The normalized spacial score (nSPS) is 14.3. The SMILES string of the molecule is CCCCCCCCCCCCCCCCCCCC(=O)O[C@H](COC(=O)CCCCCCCCCCCCCCCC(C)C)COP(=O)(O)OC[C@@H](O)COP(=O)(O)OC[C@@H](COC(=O)CCCCCCCCC(C)C)OC(=O)CCCCCCCCCCCCC(C)CC. The highest BCUT2D eigenvalue weighted by atomic mass is 31.2. The molecule has 570 valence electrons. The van der Waals surface area contributed by atoms with Crippen LogP contribution in [-0.2, 0) is 65.4 Å². The van der Waals surface area contributed by atoms with Gasteiger partial charge in [-0.2, -0.15) is 0 Å². The average Bonchev–Trinajstić information content (AvgIpc) is 1.44. The van der Waals surface area contributed by atoms with E-state index < -0.39 is 97.5 Å². The summed E-state index contributed by atoms with van der Waals surface area (Å²) in [6.45, 7) is 11.9. The molecule has 0 heterocycles. The molecule has 0 bridgehead atoms. The van der Waals surface area contributed by atoms with Crippen LogP contribution in [0.2, 0.25) is 0 Å². The van der Waals surface area contributed by atoms with E-state index in [2.05, 4.69) is 48.5 Å². The zero-order valence-corrected chi connectivity index (χ0v) is 64.6. The molecule has 19 heteroatoms. The summed E-state index contributed by atoms with van der Waals surface area (Å²) in [4.78, 5) is 72.8. The quantitative estimate of drug-likeness (QED) is 0.0222. The molecule has 0 fully saturated rings. The van der Waals surface area contributed by atoms with Crippen LogP contribution in [0.15, 0.2) is 0 Å². The molecule has 0 radical (unpaired) electrons. The third-order valence-corrected chi connectivity index (χ3v) is 20.1. The van der Waals surface area contributed by atoms with Gasteiger partial charge in [0.25, 0.3) is 0 Å². The van der Waals surface area contributed by atoms with Gasteiger partial charge in [0, 0.05) is 25.7 Å². The Morgan fingerprint density at radius 3 is 0.792 bits per heavy atom. The molecule has 0 aromatic rings. The van der Waals surface area contributed by atoms with Gasteiger partial charge in [-0.3, -0.25) is 37.3 Å². The summed E-state index contributed by atoms with van der Waals surface area (Å²) < 4.78 is 68.6. The van der Waals surface area contributed by atoms with Crippen molar-refractivity contribution in [2.45, 2.75) is 414 Å². The molecule has 96 heavy (non-hydrogen) atoms. The number of carbonyl (C=O) groups is 4. The lowest BCUT2D eigenvalue weighted by molar-refractivity contribution is -0.161. The fourth-order valence-electron chi connectivity index (χ4n) is 11.7. The Morgan fingerprint density at radius 2 is 0.531 bits per heavy atom. The van der Waals surface area contributed by atoms with Crippen LogP contribution in [-0.4, -0.2) is 96.7 Å². The summed E-state index contributed by atoms with van der Waals surface area (Å²) in [5, 5.41) is 10.6. The molecule has 0 rings (SSSR count). The van der Waals surface area contributed by atoms with Crippen molar-refractivity contribution in [3.63, 3.8) is 0 Å². The summed E-state index contributed by atoms with van der Waals surface area (Å²) >= 11 is 0. The minimum Gasteiger partial charge on any atom is -0.462 e. The summed E-state index contributed by atoms with van der Waals surface area (Å²) in [5.74, 6) is 0.156. The number of carbonyl (C=O) groups excluding carboxylic acids is 4. The second kappa shape index (κ2) is 67.5. The van der Waals surface area contributed by atoms with E-state index in [1.807, 2.05) is 0 Å².